The number of imidazole rings is 1. The number of rotatable bonds is 7. The number of nitrogens with zero attached hydrogens (tertiary/aromatic N) is 2. The van der Waals surface area contributed by atoms with Crippen molar-refractivity contribution >= 4 is 17.6 Å². The van der Waals surface area contributed by atoms with Crippen LogP contribution in [0.15, 0.2) is 60.7 Å². The van der Waals surface area contributed by atoms with E-state index in [1.807, 2.05) is 0 Å². The van der Waals surface area contributed by atoms with Gasteiger partial charge < -0.3 is 20.1 Å². The minimum absolute atomic E-state index is 0.00613. The van der Waals surface area contributed by atoms with Gasteiger partial charge in [0.2, 0.25) is 5.88 Å². The van der Waals surface area contributed by atoms with Gasteiger partial charge in [0.25, 0.3) is 0 Å². The van der Waals surface area contributed by atoms with Crippen molar-refractivity contribution in [2.45, 2.75) is 20.0 Å². The summed E-state index contributed by atoms with van der Waals surface area (Å²) in [5.74, 6) is -2.25. The molecule has 1 atom stereocenters. The van der Waals surface area contributed by atoms with Crippen molar-refractivity contribution in [3.05, 3.63) is 88.7 Å². The van der Waals surface area contributed by atoms with Crippen molar-refractivity contribution < 1.29 is 29.6 Å². The molecule has 1 unspecified atom stereocenters. The van der Waals surface area contributed by atoms with Crippen LogP contribution >= 0.6 is 0 Å². The molecule has 3 N–H and O–H groups in total. The molecule has 168 valence electrons. The lowest BCUT2D eigenvalue weighted by Gasteiger charge is -2.16. The van der Waals surface area contributed by atoms with Gasteiger partial charge in [0.05, 0.1) is 17.9 Å². The van der Waals surface area contributed by atoms with Crippen molar-refractivity contribution in [1.82, 2.24) is 9.38 Å². The van der Waals surface area contributed by atoms with E-state index in [-0.39, 0.29) is 23.7 Å². The Balaban J connectivity index is 1.80. The van der Waals surface area contributed by atoms with Gasteiger partial charge >= 0.3 is 11.9 Å². The van der Waals surface area contributed by atoms with Crippen molar-refractivity contribution in [3.8, 4) is 17.0 Å². The fourth-order valence-electron chi connectivity index (χ4n) is 3.85. The number of hydrogen-bond donors (Lipinski definition) is 3. The molecular formula is C25H22N2O6. The average Bonchev–Trinajstić information content (AvgIpc) is 3.19. The molecule has 2 aromatic carbocycles. The van der Waals surface area contributed by atoms with Crippen LogP contribution in [-0.2, 0) is 0 Å². The lowest BCUT2D eigenvalue weighted by Crippen LogP contribution is -2.12. The van der Waals surface area contributed by atoms with E-state index in [0.29, 0.717) is 28.0 Å². The van der Waals surface area contributed by atoms with Crippen LogP contribution in [0.2, 0.25) is 0 Å². The van der Waals surface area contributed by atoms with E-state index in [2.05, 4.69) is 4.98 Å². The maximum absolute atomic E-state index is 12.0. The third kappa shape index (κ3) is 3.92. The highest BCUT2D eigenvalue weighted by atomic mass is 16.5. The predicted molar refractivity (Wildman–Crippen MR) is 121 cm³/mol. The van der Waals surface area contributed by atoms with Gasteiger partial charge in [-0.1, -0.05) is 48.5 Å². The van der Waals surface area contributed by atoms with E-state index >= 15 is 0 Å². The molecule has 0 saturated carbocycles. The Morgan fingerprint density at radius 3 is 2.33 bits per heavy atom. The molecule has 0 amide bonds. The smallest absolute Gasteiger partial charge is 0.358 e. The summed E-state index contributed by atoms with van der Waals surface area (Å²) in [6, 6.07) is 16.9. The van der Waals surface area contributed by atoms with Crippen molar-refractivity contribution in [2.75, 3.05) is 6.61 Å². The number of aryl methyl sites for hydroxylation is 1. The molecule has 0 spiro atoms. The highest BCUT2D eigenvalue weighted by molar-refractivity contribution is 5.96. The summed E-state index contributed by atoms with van der Waals surface area (Å²) in [4.78, 5) is 27.9. The second-order valence-corrected chi connectivity index (χ2v) is 7.48. The van der Waals surface area contributed by atoms with Gasteiger partial charge in [-0.2, -0.15) is 4.98 Å². The SMILES string of the molecule is CCOc1nc2c(C)ccc(C(O)c3ccc(-c4ccccc4C(=O)O)cc3)n2c1C(=O)O. The van der Waals surface area contributed by atoms with Crippen LogP contribution in [0, 0.1) is 6.92 Å². The van der Waals surface area contributed by atoms with Gasteiger partial charge in [-0.25, -0.2) is 9.59 Å². The van der Waals surface area contributed by atoms with Gasteiger partial charge in [0, 0.05) is 0 Å². The van der Waals surface area contributed by atoms with Crippen LogP contribution < -0.4 is 4.74 Å². The fraction of sp³-hybridized carbons (Fsp3) is 0.160. The van der Waals surface area contributed by atoms with Gasteiger partial charge in [0.15, 0.2) is 5.69 Å². The molecule has 4 rings (SSSR count). The highest BCUT2D eigenvalue weighted by Gasteiger charge is 2.26. The number of fused-ring (bicyclic) bond motifs is 1. The third-order valence-electron chi connectivity index (χ3n) is 5.42. The first-order valence-electron chi connectivity index (χ1n) is 10.3. The lowest BCUT2D eigenvalue weighted by atomic mass is 9.97. The summed E-state index contributed by atoms with van der Waals surface area (Å²) in [7, 11) is 0. The summed E-state index contributed by atoms with van der Waals surface area (Å²) >= 11 is 0. The molecular weight excluding hydrogens is 424 g/mol. The molecule has 4 aromatic rings. The third-order valence-corrected chi connectivity index (χ3v) is 5.42. The topological polar surface area (TPSA) is 121 Å². The van der Waals surface area contributed by atoms with E-state index in [0.717, 1.165) is 5.56 Å². The van der Waals surface area contributed by atoms with E-state index < -0.39 is 18.0 Å². The van der Waals surface area contributed by atoms with Crippen LogP contribution in [-0.4, -0.2) is 43.2 Å². The number of hydrogen-bond acceptors (Lipinski definition) is 5. The molecule has 8 heteroatoms. The standard InChI is InChI=1S/C25H22N2O6/c1-3-33-23-20(25(31)32)27-19(13-8-14(2)22(27)26-23)21(28)16-11-9-15(10-12-16)17-6-4-5-7-18(17)24(29)30/h4-13,21,28H,3H2,1-2H3,(H,29,30)(H,31,32). The average molecular weight is 446 g/mol. The number of carboxylic acids is 2. The zero-order valence-electron chi connectivity index (χ0n) is 18.0. The Labute approximate surface area is 189 Å². The molecule has 0 bridgehead atoms. The quantitative estimate of drug-likeness (QED) is 0.389. The van der Waals surface area contributed by atoms with Crippen LogP contribution in [0.4, 0.5) is 0 Å². The molecule has 0 aliphatic heterocycles. The van der Waals surface area contributed by atoms with Gasteiger partial charge in [-0.3, -0.25) is 4.40 Å². The maximum Gasteiger partial charge on any atom is 0.358 e. The number of aromatic nitrogens is 2. The number of pyridine rings is 1. The Kier molecular flexibility index (Phi) is 5.85. The van der Waals surface area contributed by atoms with Crippen LogP contribution in [0.5, 0.6) is 5.88 Å². The summed E-state index contributed by atoms with van der Waals surface area (Å²) < 4.78 is 6.84. The first-order chi connectivity index (χ1) is 15.8. The number of ether oxygens (including phenoxy) is 1. The summed E-state index contributed by atoms with van der Waals surface area (Å²) in [5.41, 5.74) is 3.23. The Morgan fingerprint density at radius 1 is 1.00 bits per heavy atom. The van der Waals surface area contributed by atoms with Crippen LogP contribution in [0.1, 0.15) is 50.7 Å². The molecule has 2 heterocycles. The van der Waals surface area contributed by atoms with Crippen molar-refractivity contribution in [3.63, 3.8) is 0 Å². The molecule has 0 aliphatic rings. The Bertz CT molecular complexity index is 1360. The largest absolute Gasteiger partial charge is 0.478 e. The minimum Gasteiger partial charge on any atom is -0.478 e. The van der Waals surface area contributed by atoms with E-state index in [4.69, 9.17) is 4.74 Å². The molecule has 2 aromatic heterocycles. The fourth-order valence-corrected chi connectivity index (χ4v) is 3.85. The van der Waals surface area contributed by atoms with Gasteiger partial charge in [0.1, 0.15) is 11.8 Å². The molecule has 0 fully saturated rings. The van der Waals surface area contributed by atoms with Gasteiger partial charge in [-0.15, -0.1) is 0 Å². The minimum atomic E-state index is -1.22. The summed E-state index contributed by atoms with van der Waals surface area (Å²) in [5, 5.41) is 30.4. The van der Waals surface area contributed by atoms with Crippen LogP contribution in [0.3, 0.4) is 0 Å². The number of carbonyl (C=O) groups is 2. The molecule has 0 saturated heterocycles. The summed E-state index contributed by atoms with van der Waals surface area (Å²) in [6.45, 7) is 3.79. The zero-order valence-corrected chi connectivity index (χ0v) is 18.0. The van der Waals surface area contributed by atoms with Crippen molar-refractivity contribution in [2.24, 2.45) is 0 Å². The van der Waals surface area contributed by atoms with E-state index in [1.54, 1.807) is 68.4 Å². The molecule has 8 nitrogen and oxygen atoms in total. The predicted octanol–water partition coefficient (Wildman–Crippen LogP) is 4.19. The monoisotopic (exact) mass is 446 g/mol. The second kappa shape index (κ2) is 8.76. The van der Waals surface area contributed by atoms with Crippen LogP contribution in [0.25, 0.3) is 16.8 Å². The summed E-state index contributed by atoms with van der Waals surface area (Å²) in [6.07, 6.45) is -1.15. The molecule has 33 heavy (non-hydrogen) atoms. The van der Waals surface area contributed by atoms with Gasteiger partial charge in [-0.05, 0) is 48.2 Å². The zero-order chi connectivity index (χ0) is 23.7. The lowest BCUT2D eigenvalue weighted by molar-refractivity contribution is 0.0677. The number of aliphatic hydroxyl groups is 1. The number of carboxylic acid groups (broad SMARTS) is 2. The van der Waals surface area contributed by atoms with Crippen molar-refractivity contribution in [1.29, 1.82) is 0 Å². The number of aliphatic hydroxyl groups excluding tert-OH is 1. The highest BCUT2D eigenvalue weighted by Crippen LogP contribution is 2.31. The normalized spacial score (nSPS) is 12.0. The van der Waals surface area contributed by atoms with E-state index in [9.17, 15) is 24.9 Å². The number of aromatic carboxylic acids is 2. The molecule has 0 radical (unpaired) electrons. The number of benzene rings is 2. The first-order valence-corrected chi connectivity index (χ1v) is 10.3. The Hall–Kier alpha value is -4.17. The van der Waals surface area contributed by atoms with E-state index in [1.165, 1.54) is 10.5 Å². The first kappa shape index (κ1) is 22.0. The second-order valence-electron chi connectivity index (χ2n) is 7.48. The Morgan fingerprint density at radius 2 is 1.70 bits per heavy atom. The molecule has 0 aliphatic carbocycles. The maximum atomic E-state index is 12.0.